The van der Waals surface area contributed by atoms with Gasteiger partial charge in [-0.15, -0.1) is 0 Å². The van der Waals surface area contributed by atoms with Crippen molar-refractivity contribution in [2.24, 2.45) is 5.73 Å². The maximum atomic E-state index is 10.9. The summed E-state index contributed by atoms with van der Waals surface area (Å²) in [5.41, 5.74) is 6.25. The molecule has 0 radical (unpaired) electrons. The van der Waals surface area contributed by atoms with Gasteiger partial charge in [0, 0.05) is 12.4 Å². The Morgan fingerprint density at radius 3 is 2.74 bits per heavy atom. The van der Waals surface area contributed by atoms with E-state index in [2.05, 4.69) is 9.97 Å². The van der Waals surface area contributed by atoms with E-state index in [0.717, 1.165) is 6.20 Å². The molecule has 0 bridgehead atoms. The van der Waals surface area contributed by atoms with Crippen molar-refractivity contribution in [1.29, 1.82) is 5.41 Å². The first-order valence-electron chi connectivity index (χ1n) is 6.45. The summed E-state index contributed by atoms with van der Waals surface area (Å²) < 4.78 is 5.52. The second kappa shape index (κ2) is 7.37. The first-order chi connectivity index (χ1) is 11.0. The van der Waals surface area contributed by atoms with Crippen LogP contribution in [0.2, 0.25) is 0 Å². The highest BCUT2D eigenvalue weighted by molar-refractivity contribution is 6.45. The summed E-state index contributed by atoms with van der Waals surface area (Å²) in [4.78, 5) is 18.7. The van der Waals surface area contributed by atoms with Crippen LogP contribution in [-0.2, 0) is 6.61 Å². The van der Waals surface area contributed by atoms with Gasteiger partial charge in [-0.2, -0.15) is 0 Å². The van der Waals surface area contributed by atoms with E-state index in [9.17, 15) is 4.79 Å². The van der Waals surface area contributed by atoms with Crippen LogP contribution in [-0.4, -0.2) is 26.8 Å². The number of carbonyl (C=O) groups is 1. The van der Waals surface area contributed by atoms with Crippen LogP contribution < -0.4 is 10.5 Å². The zero-order valence-electron chi connectivity index (χ0n) is 11.9. The fraction of sp³-hybridized carbons (Fsp3) is 0.0667. The molecule has 0 atom stereocenters. The van der Waals surface area contributed by atoms with Crippen molar-refractivity contribution in [2.45, 2.75) is 6.61 Å². The fourth-order valence-corrected chi connectivity index (χ4v) is 1.76. The van der Waals surface area contributed by atoms with Crippen LogP contribution in [0.3, 0.4) is 0 Å². The van der Waals surface area contributed by atoms with Crippen molar-refractivity contribution < 1.29 is 14.6 Å². The quantitative estimate of drug-likeness (QED) is 0.697. The van der Waals surface area contributed by atoms with Gasteiger partial charge in [0.15, 0.2) is 0 Å². The molecule has 2 rings (SSSR count). The SMILES string of the molecule is N=C(/C(Cl)=C\N)c1ccc(OCc2ccnc(C(=O)O)c2)cn1. The molecule has 0 aromatic carbocycles. The molecular weight excluding hydrogens is 320 g/mol. The molecule has 0 aliphatic carbocycles. The second-order valence-corrected chi connectivity index (χ2v) is 4.82. The number of allylic oxidation sites excluding steroid dienone is 1. The summed E-state index contributed by atoms with van der Waals surface area (Å²) in [5.74, 6) is -0.621. The molecule has 8 heteroatoms. The number of pyridine rings is 2. The average molecular weight is 333 g/mol. The molecule has 0 saturated carbocycles. The number of nitrogens with one attached hydrogen (secondary N) is 1. The Kier molecular flexibility index (Phi) is 5.27. The van der Waals surface area contributed by atoms with Gasteiger partial charge in [-0.3, -0.25) is 10.4 Å². The van der Waals surface area contributed by atoms with E-state index in [4.69, 9.17) is 32.6 Å². The molecule has 0 amide bonds. The van der Waals surface area contributed by atoms with Crippen molar-refractivity contribution in [3.05, 3.63) is 64.8 Å². The molecule has 0 unspecified atom stereocenters. The van der Waals surface area contributed by atoms with Gasteiger partial charge in [-0.05, 0) is 29.8 Å². The lowest BCUT2D eigenvalue weighted by molar-refractivity contribution is 0.0690. The molecule has 118 valence electrons. The molecule has 7 nitrogen and oxygen atoms in total. The van der Waals surface area contributed by atoms with Gasteiger partial charge >= 0.3 is 5.97 Å². The number of ether oxygens (including phenoxy) is 1. The van der Waals surface area contributed by atoms with Gasteiger partial charge in [0.05, 0.1) is 22.6 Å². The van der Waals surface area contributed by atoms with Gasteiger partial charge in [0.2, 0.25) is 0 Å². The van der Waals surface area contributed by atoms with Gasteiger partial charge in [-0.25, -0.2) is 9.78 Å². The number of hydrogen-bond acceptors (Lipinski definition) is 6. The van der Waals surface area contributed by atoms with E-state index in [0.29, 0.717) is 17.0 Å². The van der Waals surface area contributed by atoms with Gasteiger partial charge in [0.1, 0.15) is 18.1 Å². The lowest BCUT2D eigenvalue weighted by Gasteiger charge is -2.07. The number of carboxylic acid groups (broad SMARTS) is 1. The topological polar surface area (TPSA) is 122 Å². The monoisotopic (exact) mass is 332 g/mol. The van der Waals surface area contributed by atoms with Crippen molar-refractivity contribution in [3.63, 3.8) is 0 Å². The first-order valence-corrected chi connectivity index (χ1v) is 6.83. The van der Waals surface area contributed by atoms with E-state index < -0.39 is 5.97 Å². The Balaban J connectivity index is 2.03. The van der Waals surface area contributed by atoms with Crippen molar-refractivity contribution in [3.8, 4) is 5.75 Å². The summed E-state index contributed by atoms with van der Waals surface area (Å²) >= 11 is 5.76. The second-order valence-electron chi connectivity index (χ2n) is 4.41. The molecule has 2 heterocycles. The Hall–Kier alpha value is -2.93. The molecular formula is C15H13ClN4O3. The largest absolute Gasteiger partial charge is 0.487 e. The highest BCUT2D eigenvalue weighted by Gasteiger charge is 2.08. The molecule has 0 fully saturated rings. The maximum absolute atomic E-state index is 10.9. The smallest absolute Gasteiger partial charge is 0.354 e. The minimum Gasteiger partial charge on any atom is -0.487 e. The lowest BCUT2D eigenvalue weighted by atomic mass is 10.2. The number of carboxylic acids is 1. The molecule has 2 aromatic heterocycles. The Bertz CT molecular complexity index is 760. The highest BCUT2D eigenvalue weighted by Crippen LogP contribution is 2.15. The summed E-state index contributed by atoms with van der Waals surface area (Å²) in [6.07, 6.45) is 3.98. The van der Waals surface area contributed by atoms with Crippen LogP contribution in [0.25, 0.3) is 0 Å². The molecule has 0 aliphatic heterocycles. The van der Waals surface area contributed by atoms with Gasteiger partial charge in [-0.1, -0.05) is 11.6 Å². The highest BCUT2D eigenvalue weighted by atomic mass is 35.5. The number of aromatic carboxylic acids is 1. The van der Waals surface area contributed by atoms with Crippen LogP contribution >= 0.6 is 11.6 Å². The maximum Gasteiger partial charge on any atom is 0.354 e. The standard InChI is InChI=1S/C15H13ClN4O3/c16-11(6-17)14(18)12-2-1-10(7-20-12)23-8-9-3-4-19-13(5-9)15(21)22/h1-7,18H,8,17H2,(H,21,22)/b11-6+,18-14?. The van der Waals surface area contributed by atoms with Crippen LogP contribution in [0, 0.1) is 5.41 Å². The van der Waals surface area contributed by atoms with Crippen molar-refractivity contribution >= 4 is 23.3 Å². The zero-order valence-corrected chi connectivity index (χ0v) is 12.6. The van der Waals surface area contributed by atoms with Crippen LogP contribution in [0.4, 0.5) is 0 Å². The van der Waals surface area contributed by atoms with E-state index in [1.54, 1.807) is 18.2 Å². The third-order valence-electron chi connectivity index (χ3n) is 2.83. The van der Waals surface area contributed by atoms with Crippen LogP contribution in [0.5, 0.6) is 5.75 Å². The third kappa shape index (κ3) is 4.27. The molecule has 0 saturated heterocycles. The van der Waals surface area contributed by atoms with E-state index >= 15 is 0 Å². The predicted octanol–water partition coefficient (Wildman–Crippen LogP) is 2.16. The molecule has 0 spiro atoms. The molecule has 4 N–H and O–H groups in total. The minimum atomic E-state index is -1.10. The molecule has 23 heavy (non-hydrogen) atoms. The molecule has 0 aliphatic rings. The number of aromatic nitrogens is 2. The number of hydrogen-bond donors (Lipinski definition) is 3. The fourth-order valence-electron chi connectivity index (χ4n) is 1.67. The van der Waals surface area contributed by atoms with E-state index in [-0.39, 0.29) is 23.0 Å². The third-order valence-corrected chi connectivity index (χ3v) is 3.14. The summed E-state index contributed by atoms with van der Waals surface area (Å²) in [6, 6.07) is 6.32. The lowest BCUT2D eigenvalue weighted by Crippen LogP contribution is -2.05. The van der Waals surface area contributed by atoms with Gasteiger partial charge < -0.3 is 15.6 Å². The first kappa shape index (κ1) is 16.4. The summed E-state index contributed by atoms with van der Waals surface area (Å²) in [6.45, 7) is 0.171. The number of halogens is 1. The van der Waals surface area contributed by atoms with Crippen molar-refractivity contribution in [1.82, 2.24) is 9.97 Å². The normalized spacial score (nSPS) is 11.1. The Labute approximate surface area is 136 Å². The number of rotatable bonds is 6. The average Bonchev–Trinajstić information content (AvgIpc) is 2.59. The minimum absolute atomic E-state index is 0.0148. The van der Waals surface area contributed by atoms with Crippen LogP contribution in [0.15, 0.2) is 47.9 Å². The summed E-state index contributed by atoms with van der Waals surface area (Å²) in [7, 11) is 0. The van der Waals surface area contributed by atoms with Crippen molar-refractivity contribution in [2.75, 3.05) is 0 Å². The van der Waals surface area contributed by atoms with Gasteiger partial charge in [0.25, 0.3) is 0 Å². The Morgan fingerprint density at radius 1 is 1.35 bits per heavy atom. The number of nitrogens with two attached hydrogens (primary N) is 1. The number of nitrogens with zero attached hydrogens (tertiary/aromatic N) is 2. The van der Waals surface area contributed by atoms with Crippen LogP contribution in [0.1, 0.15) is 21.7 Å². The Morgan fingerprint density at radius 2 is 2.13 bits per heavy atom. The van der Waals surface area contributed by atoms with E-state index in [1.807, 2.05) is 0 Å². The summed E-state index contributed by atoms with van der Waals surface area (Å²) in [5, 5.41) is 16.7. The zero-order chi connectivity index (χ0) is 16.8. The van der Waals surface area contributed by atoms with E-state index in [1.165, 1.54) is 18.5 Å². The predicted molar refractivity (Wildman–Crippen MR) is 84.7 cm³/mol. The molecule has 2 aromatic rings.